The van der Waals surface area contributed by atoms with Crippen molar-refractivity contribution in [2.45, 2.75) is 52.3 Å². The molecule has 2 aliphatic carbocycles. The summed E-state index contributed by atoms with van der Waals surface area (Å²) in [4.78, 5) is 0. The second-order valence-corrected chi connectivity index (χ2v) is 15.9. The number of benzene rings is 6. The van der Waals surface area contributed by atoms with Crippen molar-refractivity contribution in [3.8, 4) is 12.3 Å². The van der Waals surface area contributed by atoms with E-state index in [1.54, 1.807) is 0 Å². The van der Waals surface area contributed by atoms with E-state index in [-0.39, 0.29) is 23.9 Å². The van der Waals surface area contributed by atoms with Crippen molar-refractivity contribution >= 4 is 50.8 Å². The highest BCUT2D eigenvalue weighted by molar-refractivity contribution is 6.90. The largest absolute Gasteiger partial charge is 0.221 e. The molecule has 0 fully saturated rings. The molecule has 0 aliphatic heterocycles. The zero-order valence-corrected chi connectivity index (χ0v) is 33.3. The van der Waals surface area contributed by atoms with Gasteiger partial charge in [0, 0.05) is 11.8 Å². The molecule has 6 aromatic carbocycles. The van der Waals surface area contributed by atoms with E-state index in [0.29, 0.717) is 0 Å². The molecular formula is C55H49B. The monoisotopic (exact) mass is 720 g/mol. The zero-order valence-electron chi connectivity index (χ0n) is 33.3. The molecule has 8 rings (SSSR count). The summed E-state index contributed by atoms with van der Waals surface area (Å²) in [6.07, 6.45) is 24.8. The first-order valence-corrected chi connectivity index (χ1v) is 20.0. The maximum atomic E-state index is 5.74. The van der Waals surface area contributed by atoms with Crippen LogP contribution in [-0.2, 0) is 0 Å². The number of aryl methyl sites for hydroxylation is 2. The van der Waals surface area contributed by atoms with Gasteiger partial charge >= 0.3 is 0 Å². The summed E-state index contributed by atoms with van der Waals surface area (Å²) < 4.78 is 0. The van der Waals surface area contributed by atoms with Gasteiger partial charge in [-0.25, -0.2) is 0 Å². The van der Waals surface area contributed by atoms with Crippen LogP contribution in [-0.4, -0.2) is 6.71 Å². The van der Waals surface area contributed by atoms with Crippen molar-refractivity contribution in [1.82, 2.24) is 0 Å². The molecule has 1 heteroatoms. The molecule has 0 amide bonds. The number of hydrogen-bond acceptors (Lipinski definition) is 0. The molecule has 6 aromatic rings. The third-order valence-corrected chi connectivity index (χ3v) is 12.5. The summed E-state index contributed by atoms with van der Waals surface area (Å²) in [5.74, 6) is 2.93. The average molecular weight is 721 g/mol. The van der Waals surface area contributed by atoms with E-state index in [9.17, 15) is 0 Å². The topological polar surface area (TPSA) is 0 Å². The van der Waals surface area contributed by atoms with Crippen LogP contribution in [0.25, 0.3) is 33.2 Å². The van der Waals surface area contributed by atoms with Gasteiger partial charge in [0.1, 0.15) is 0 Å². The van der Waals surface area contributed by atoms with Gasteiger partial charge in [-0.05, 0) is 124 Å². The molecule has 0 spiro atoms. The predicted molar refractivity (Wildman–Crippen MR) is 245 cm³/mol. The van der Waals surface area contributed by atoms with Crippen LogP contribution in [0.1, 0.15) is 65.1 Å². The summed E-state index contributed by atoms with van der Waals surface area (Å²) in [5, 5.41) is 4.83. The lowest BCUT2D eigenvalue weighted by Crippen LogP contribution is -2.54. The maximum Gasteiger partial charge on any atom is 0.221 e. The molecule has 0 N–H and O–H groups in total. The quantitative estimate of drug-likeness (QED) is 0.0834. The van der Waals surface area contributed by atoms with Crippen molar-refractivity contribution in [3.63, 3.8) is 0 Å². The molecule has 0 heterocycles. The van der Waals surface area contributed by atoms with Gasteiger partial charge in [-0.15, -0.1) is 6.42 Å². The fraction of sp³-hybridized carbons (Fsp3) is 0.164. The summed E-state index contributed by atoms with van der Waals surface area (Å²) in [6.45, 7) is 16.1. The summed E-state index contributed by atoms with van der Waals surface area (Å²) >= 11 is 0. The van der Waals surface area contributed by atoms with Gasteiger partial charge in [-0.2, -0.15) is 0 Å². The molecular weight excluding hydrogens is 671 g/mol. The van der Waals surface area contributed by atoms with Crippen molar-refractivity contribution in [2.24, 2.45) is 5.92 Å². The molecule has 0 nitrogen and oxygen atoms in total. The first kappa shape index (κ1) is 36.9. The molecule has 0 saturated carbocycles. The van der Waals surface area contributed by atoms with E-state index >= 15 is 0 Å². The van der Waals surface area contributed by atoms with Crippen molar-refractivity contribution in [3.05, 3.63) is 214 Å². The first-order chi connectivity index (χ1) is 27.3. The van der Waals surface area contributed by atoms with Crippen LogP contribution >= 0.6 is 0 Å². The van der Waals surface area contributed by atoms with Gasteiger partial charge in [-0.3, -0.25) is 0 Å². The average Bonchev–Trinajstić information content (AvgIpc) is 3.22. The third-order valence-electron chi connectivity index (χ3n) is 12.5. The Hall–Kier alpha value is -6.10. The Bertz CT molecular complexity index is 2720. The lowest BCUT2D eigenvalue weighted by atomic mass is 9.24. The molecule has 0 saturated heterocycles. The molecule has 0 aromatic heterocycles. The Morgan fingerprint density at radius 1 is 0.804 bits per heavy atom. The van der Waals surface area contributed by atoms with Crippen molar-refractivity contribution in [1.29, 1.82) is 0 Å². The Morgan fingerprint density at radius 2 is 1.50 bits per heavy atom. The number of hydrogen-bond donors (Lipinski definition) is 0. The molecule has 3 unspecified atom stereocenters. The van der Waals surface area contributed by atoms with Crippen LogP contribution in [0.2, 0.25) is 5.31 Å². The third kappa shape index (κ3) is 6.34. The highest BCUT2D eigenvalue weighted by Gasteiger charge is 2.44. The zero-order chi connectivity index (χ0) is 39.0. The highest BCUT2D eigenvalue weighted by atomic mass is 14.4. The van der Waals surface area contributed by atoms with Gasteiger partial charge in [0.05, 0.1) is 0 Å². The van der Waals surface area contributed by atoms with Crippen LogP contribution < -0.4 is 10.9 Å². The molecule has 0 bridgehead atoms. The Morgan fingerprint density at radius 3 is 2.29 bits per heavy atom. The smallest absolute Gasteiger partial charge is 0.115 e. The number of fused-ring (bicyclic) bond motifs is 3. The Labute approximate surface area is 334 Å². The van der Waals surface area contributed by atoms with Gasteiger partial charge in [0.25, 0.3) is 0 Å². The van der Waals surface area contributed by atoms with Gasteiger partial charge < -0.3 is 0 Å². The standard InChI is InChI=1S/C55H49B/c1-8-11-20-40-30-28-37(4)53(39(40)6)56(54-38(5)29-31-42-22-14-15-25-47(42)54)55(7)34-18-24-45(36-55)52-48(19-9-2)46(10-3)51(49-26-16-17-27-50(49)52)44-33-32-41-21-12-13-23-43(41)35-44/h1,9-33,35-36,48,52H,3,34H2,2,4-7H3/b19-9-,20-11-. The van der Waals surface area contributed by atoms with E-state index in [4.69, 9.17) is 6.42 Å². The van der Waals surface area contributed by atoms with Crippen LogP contribution in [0.4, 0.5) is 0 Å². The van der Waals surface area contributed by atoms with E-state index < -0.39 is 0 Å². The van der Waals surface area contributed by atoms with Crippen molar-refractivity contribution in [2.75, 3.05) is 0 Å². The first-order valence-electron chi connectivity index (χ1n) is 20.0. The minimum Gasteiger partial charge on any atom is -0.115 e. The summed E-state index contributed by atoms with van der Waals surface area (Å²) in [7, 11) is 0. The molecule has 2 aliphatic rings. The molecule has 3 atom stereocenters. The fourth-order valence-corrected chi connectivity index (χ4v) is 9.97. The SMILES string of the molecule is C#C/C=C\c1ccc(C)c(B(c2c(C)ccc3ccccc23)C2(C)C=C(C3c4ccccc4C(c4ccc5ccccc5c4)=C(C=C)C3/C=C\C)C=CC2)c1C. The number of terminal acetylenes is 1. The highest BCUT2D eigenvalue weighted by Crippen LogP contribution is 2.53. The normalized spacial score (nSPS) is 19.4. The number of allylic oxidation sites excluding steroid dienone is 9. The van der Waals surface area contributed by atoms with E-state index in [1.807, 2.05) is 6.08 Å². The van der Waals surface area contributed by atoms with E-state index in [2.05, 4.69) is 205 Å². The molecule has 56 heavy (non-hydrogen) atoms. The van der Waals surface area contributed by atoms with Crippen LogP contribution in [0, 0.1) is 39.0 Å². The summed E-state index contributed by atoms with van der Waals surface area (Å²) in [5.41, 5.74) is 15.6. The van der Waals surface area contributed by atoms with Crippen molar-refractivity contribution < 1.29 is 0 Å². The number of rotatable bonds is 8. The van der Waals surface area contributed by atoms with E-state index in [1.165, 1.54) is 88.1 Å². The minimum atomic E-state index is -0.255. The van der Waals surface area contributed by atoms with Crippen LogP contribution in [0.15, 0.2) is 176 Å². The second-order valence-electron chi connectivity index (χ2n) is 15.9. The minimum absolute atomic E-state index is 0.0781. The molecule has 0 radical (unpaired) electrons. The lowest BCUT2D eigenvalue weighted by molar-refractivity contribution is 0.630. The predicted octanol–water partition coefficient (Wildman–Crippen LogP) is 12.8. The second kappa shape index (κ2) is 15.2. The lowest BCUT2D eigenvalue weighted by Gasteiger charge is -2.42. The Balaban J connectivity index is 1.37. The van der Waals surface area contributed by atoms with Crippen LogP contribution in [0.3, 0.4) is 0 Å². The summed E-state index contributed by atoms with van der Waals surface area (Å²) in [6, 6.07) is 42.6. The van der Waals surface area contributed by atoms with E-state index in [0.717, 1.165) is 6.42 Å². The Kier molecular flexibility index (Phi) is 10.0. The maximum absolute atomic E-state index is 5.74. The fourth-order valence-electron chi connectivity index (χ4n) is 9.97. The van der Waals surface area contributed by atoms with Crippen LogP contribution in [0.5, 0.6) is 0 Å². The van der Waals surface area contributed by atoms with Gasteiger partial charge in [0.15, 0.2) is 0 Å². The molecule has 272 valence electrons. The van der Waals surface area contributed by atoms with Gasteiger partial charge in [0.2, 0.25) is 6.71 Å². The van der Waals surface area contributed by atoms with Gasteiger partial charge in [-0.1, -0.05) is 187 Å².